The van der Waals surface area contributed by atoms with Gasteiger partial charge in [-0.2, -0.15) is 0 Å². The van der Waals surface area contributed by atoms with E-state index in [0.717, 1.165) is 42.9 Å². The van der Waals surface area contributed by atoms with Gasteiger partial charge in [0.25, 0.3) is 0 Å². The van der Waals surface area contributed by atoms with Crippen molar-refractivity contribution in [2.45, 2.75) is 37.7 Å². The Morgan fingerprint density at radius 1 is 1.09 bits per heavy atom. The largest absolute Gasteiger partial charge is 0.429 e. The molecular weight excluding hydrogens is 274 g/mol. The summed E-state index contributed by atoms with van der Waals surface area (Å²) in [5, 5.41) is 4.99. The van der Waals surface area contributed by atoms with Crippen LogP contribution >= 0.6 is 0 Å². The molecule has 0 heterocycles. The number of benzene rings is 2. The molecule has 0 aromatic heterocycles. The molecule has 0 bridgehead atoms. The molecule has 0 spiro atoms. The van der Waals surface area contributed by atoms with Gasteiger partial charge in [-0.25, -0.2) is 4.79 Å². The number of fused-ring (bicyclic) bond motifs is 1. The first-order valence-corrected chi connectivity index (χ1v) is 7.67. The van der Waals surface area contributed by atoms with Crippen molar-refractivity contribution in [2.24, 2.45) is 0 Å². The highest BCUT2D eigenvalue weighted by Crippen LogP contribution is 2.31. The van der Waals surface area contributed by atoms with Gasteiger partial charge < -0.3 is 4.74 Å². The molecule has 1 aliphatic rings. The van der Waals surface area contributed by atoms with E-state index in [4.69, 9.17) is 11.2 Å². The molecule has 112 valence electrons. The van der Waals surface area contributed by atoms with Crippen LogP contribution in [0.4, 0.5) is 10.5 Å². The molecule has 3 heteroatoms. The van der Waals surface area contributed by atoms with Gasteiger partial charge >= 0.3 is 6.09 Å². The molecular formula is C19H19NO2. The maximum atomic E-state index is 12.2. The van der Waals surface area contributed by atoms with Crippen LogP contribution in [0.25, 0.3) is 10.8 Å². The first-order chi connectivity index (χ1) is 10.7. The Labute approximate surface area is 130 Å². The lowest BCUT2D eigenvalue weighted by Gasteiger charge is -2.31. The summed E-state index contributed by atoms with van der Waals surface area (Å²) in [6.07, 6.45) is 9.78. The number of anilines is 1. The van der Waals surface area contributed by atoms with Gasteiger partial charge in [0.2, 0.25) is 0 Å². The molecule has 1 fully saturated rings. The number of terminal acetylenes is 1. The summed E-state index contributed by atoms with van der Waals surface area (Å²) in [6, 6.07) is 13.8. The third kappa shape index (κ3) is 3.07. The maximum Gasteiger partial charge on any atom is 0.413 e. The molecule has 0 saturated heterocycles. The SMILES string of the molecule is C#CC1(OC(=O)Nc2ccc3ccccc3c2)CCCCC1. The molecule has 0 unspecified atom stereocenters. The minimum absolute atomic E-state index is 0.477. The van der Waals surface area contributed by atoms with E-state index in [1.807, 2.05) is 42.5 Å². The fourth-order valence-electron chi connectivity index (χ4n) is 2.99. The van der Waals surface area contributed by atoms with Crippen molar-refractivity contribution in [1.29, 1.82) is 0 Å². The summed E-state index contributed by atoms with van der Waals surface area (Å²) in [5.74, 6) is 2.68. The lowest BCUT2D eigenvalue weighted by atomic mass is 9.85. The van der Waals surface area contributed by atoms with Crippen LogP contribution in [-0.2, 0) is 4.74 Å². The molecule has 3 nitrogen and oxygen atoms in total. The molecule has 0 atom stereocenters. The fourth-order valence-corrected chi connectivity index (χ4v) is 2.99. The fraction of sp³-hybridized carbons (Fsp3) is 0.316. The van der Waals surface area contributed by atoms with Crippen LogP contribution in [0, 0.1) is 12.3 Å². The van der Waals surface area contributed by atoms with Crippen LogP contribution in [0.1, 0.15) is 32.1 Å². The smallest absolute Gasteiger partial charge is 0.413 e. The van der Waals surface area contributed by atoms with Crippen LogP contribution in [0.15, 0.2) is 42.5 Å². The number of hydrogen-bond donors (Lipinski definition) is 1. The zero-order valence-electron chi connectivity index (χ0n) is 12.5. The second-order valence-corrected chi connectivity index (χ2v) is 5.78. The second kappa shape index (κ2) is 6.11. The Bertz CT molecular complexity index is 724. The van der Waals surface area contributed by atoms with Crippen molar-refractivity contribution < 1.29 is 9.53 Å². The standard InChI is InChI=1S/C19H19NO2/c1-2-19(12-6-3-7-13-19)22-18(21)20-17-11-10-15-8-4-5-9-16(15)14-17/h1,4-5,8-11,14H,3,6-7,12-13H2,(H,20,21). The Hall–Kier alpha value is -2.47. The van der Waals surface area contributed by atoms with Crippen LogP contribution in [0.2, 0.25) is 0 Å². The highest BCUT2D eigenvalue weighted by atomic mass is 16.6. The zero-order chi connectivity index (χ0) is 15.4. The van der Waals surface area contributed by atoms with Gasteiger partial charge in [0.15, 0.2) is 5.60 Å². The summed E-state index contributed by atoms with van der Waals surface area (Å²) in [5.41, 5.74) is -0.0224. The molecule has 22 heavy (non-hydrogen) atoms. The van der Waals surface area contributed by atoms with Gasteiger partial charge in [0.1, 0.15) is 0 Å². The van der Waals surface area contributed by atoms with E-state index in [1.165, 1.54) is 0 Å². The van der Waals surface area contributed by atoms with Crippen molar-refractivity contribution >= 4 is 22.6 Å². The molecule has 0 radical (unpaired) electrons. The van der Waals surface area contributed by atoms with E-state index in [9.17, 15) is 4.79 Å². The van der Waals surface area contributed by atoms with E-state index in [2.05, 4.69) is 11.2 Å². The van der Waals surface area contributed by atoms with Gasteiger partial charge in [0.05, 0.1) is 0 Å². The Morgan fingerprint density at radius 3 is 2.55 bits per heavy atom. The molecule has 1 saturated carbocycles. The van der Waals surface area contributed by atoms with Crippen molar-refractivity contribution in [3.8, 4) is 12.3 Å². The van der Waals surface area contributed by atoms with Crippen LogP contribution in [0.3, 0.4) is 0 Å². The Morgan fingerprint density at radius 2 is 1.82 bits per heavy atom. The summed E-state index contributed by atoms with van der Waals surface area (Å²) >= 11 is 0. The molecule has 3 rings (SSSR count). The summed E-state index contributed by atoms with van der Waals surface area (Å²) < 4.78 is 5.56. The number of amides is 1. The van der Waals surface area contributed by atoms with Crippen LogP contribution in [-0.4, -0.2) is 11.7 Å². The number of carbonyl (C=O) groups is 1. The maximum absolute atomic E-state index is 12.2. The van der Waals surface area contributed by atoms with E-state index in [0.29, 0.717) is 5.69 Å². The normalized spacial score (nSPS) is 16.7. The second-order valence-electron chi connectivity index (χ2n) is 5.78. The third-order valence-electron chi connectivity index (χ3n) is 4.21. The van der Waals surface area contributed by atoms with Gasteiger partial charge in [-0.1, -0.05) is 42.7 Å². The van der Waals surface area contributed by atoms with Gasteiger partial charge in [-0.05, 0) is 48.6 Å². The zero-order valence-corrected chi connectivity index (χ0v) is 12.5. The van der Waals surface area contributed by atoms with E-state index < -0.39 is 11.7 Å². The molecule has 1 N–H and O–H groups in total. The highest BCUT2D eigenvalue weighted by Gasteiger charge is 2.33. The topological polar surface area (TPSA) is 38.3 Å². The molecule has 2 aromatic carbocycles. The van der Waals surface area contributed by atoms with Crippen LogP contribution in [0.5, 0.6) is 0 Å². The van der Waals surface area contributed by atoms with Gasteiger partial charge in [-0.15, -0.1) is 6.42 Å². The molecule has 1 amide bonds. The first kappa shape index (κ1) is 14.5. The summed E-state index contributed by atoms with van der Waals surface area (Å²) in [7, 11) is 0. The Kier molecular flexibility index (Phi) is 4.02. The average Bonchev–Trinajstić information content (AvgIpc) is 2.55. The number of rotatable bonds is 2. The molecule has 2 aromatic rings. The quantitative estimate of drug-likeness (QED) is 0.813. The lowest BCUT2D eigenvalue weighted by molar-refractivity contribution is 0.0365. The Balaban J connectivity index is 1.71. The molecule has 0 aliphatic heterocycles. The van der Waals surface area contributed by atoms with E-state index in [-0.39, 0.29) is 0 Å². The molecule has 1 aliphatic carbocycles. The lowest BCUT2D eigenvalue weighted by Crippen LogP contribution is -2.37. The predicted octanol–water partition coefficient (Wildman–Crippen LogP) is 4.72. The number of nitrogens with one attached hydrogen (secondary N) is 1. The van der Waals surface area contributed by atoms with E-state index in [1.54, 1.807) is 0 Å². The van der Waals surface area contributed by atoms with Crippen molar-refractivity contribution in [3.05, 3.63) is 42.5 Å². The predicted molar refractivity (Wildman–Crippen MR) is 88.7 cm³/mol. The first-order valence-electron chi connectivity index (χ1n) is 7.67. The third-order valence-corrected chi connectivity index (χ3v) is 4.21. The van der Waals surface area contributed by atoms with Gasteiger partial charge in [-0.3, -0.25) is 5.32 Å². The minimum atomic E-state index is -0.737. The van der Waals surface area contributed by atoms with Gasteiger partial charge in [0, 0.05) is 5.69 Å². The van der Waals surface area contributed by atoms with Crippen molar-refractivity contribution in [3.63, 3.8) is 0 Å². The average molecular weight is 293 g/mol. The highest BCUT2D eigenvalue weighted by molar-refractivity contribution is 5.91. The van der Waals surface area contributed by atoms with Crippen molar-refractivity contribution in [1.82, 2.24) is 0 Å². The monoisotopic (exact) mass is 293 g/mol. The summed E-state index contributed by atoms with van der Waals surface area (Å²) in [6.45, 7) is 0. The number of hydrogen-bond acceptors (Lipinski definition) is 2. The van der Waals surface area contributed by atoms with Crippen LogP contribution < -0.4 is 5.32 Å². The number of ether oxygens (including phenoxy) is 1. The van der Waals surface area contributed by atoms with Crippen molar-refractivity contribution in [2.75, 3.05) is 5.32 Å². The minimum Gasteiger partial charge on any atom is -0.429 e. The summed E-state index contributed by atoms with van der Waals surface area (Å²) in [4.78, 5) is 12.2. The number of carbonyl (C=O) groups excluding carboxylic acids is 1. The van der Waals surface area contributed by atoms with E-state index >= 15 is 0 Å².